The van der Waals surface area contributed by atoms with Crippen molar-refractivity contribution in [2.45, 2.75) is 18.6 Å². The fourth-order valence-electron chi connectivity index (χ4n) is 0.643. The molecule has 0 aromatic rings. The second-order valence-corrected chi connectivity index (χ2v) is 3.69. The van der Waals surface area contributed by atoms with Crippen molar-refractivity contribution >= 4 is 7.82 Å². The van der Waals surface area contributed by atoms with E-state index in [-0.39, 0.29) is 13.0 Å². The van der Waals surface area contributed by atoms with Crippen molar-refractivity contribution in [3.05, 3.63) is 0 Å². The quantitative estimate of drug-likeness (QED) is 0.194. The second kappa shape index (κ2) is 6.44. The molecular weight excluding hydrogens is 217 g/mol. The maximum absolute atomic E-state index is 10.1. The van der Waals surface area contributed by atoms with E-state index in [0.29, 0.717) is 0 Å². The molecule has 8 nitrogen and oxygen atoms in total. The van der Waals surface area contributed by atoms with Crippen LogP contribution < -0.4 is 5.73 Å². The third kappa shape index (κ3) is 7.36. The van der Waals surface area contributed by atoms with Crippen LogP contribution in [-0.2, 0) is 14.1 Å². The van der Waals surface area contributed by atoms with Gasteiger partial charge in [-0.15, -0.1) is 4.67 Å². The first-order valence-corrected chi connectivity index (χ1v) is 5.33. The fraction of sp³-hybridized carbons (Fsp3) is 1.00. The van der Waals surface area contributed by atoms with Crippen molar-refractivity contribution in [2.24, 2.45) is 5.73 Å². The van der Waals surface area contributed by atoms with Crippen LogP contribution in [0.4, 0.5) is 0 Å². The van der Waals surface area contributed by atoms with Gasteiger partial charge in [0.15, 0.2) is 0 Å². The number of hydrogen-bond acceptors (Lipinski definition) is 6. The third-order valence-corrected chi connectivity index (χ3v) is 1.59. The van der Waals surface area contributed by atoms with Gasteiger partial charge in [-0.1, -0.05) is 0 Å². The van der Waals surface area contributed by atoms with Crippen LogP contribution in [0.3, 0.4) is 0 Å². The van der Waals surface area contributed by atoms with Crippen molar-refractivity contribution in [3.63, 3.8) is 0 Å². The normalized spacial score (nSPS) is 16.6. The van der Waals surface area contributed by atoms with Gasteiger partial charge in [0.1, 0.15) is 12.7 Å². The minimum absolute atomic E-state index is 0.153. The van der Waals surface area contributed by atoms with E-state index in [4.69, 9.17) is 25.7 Å². The second-order valence-electron chi connectivity index (χ2n) is 2.56. The van der Waals surface area contributed by atoms with Gasteiger partial charge in [-0.2, -0.15) is 0 Å². The highest BCUT2D eigenvalue weighted by molar-refractivity contribution is 7.46. The Morgan fingerprint density at radius 3 is 2.29 bits per heavy atom. The molecule has 0 aliphatic carbocycles. The van der Waals surface area contributed by atoms with Gasteiger partial charge >= 0.3 is 7.82 Å². The van der Waals surface area contributed by atoms with Crippen LogP contribution in [-0.4, -0.2) is 45.4 Å². The van der Waals surface area contributed by atoms with E-state index in [0.717, 1.165) is 0 Å². The number of aliphatic hydroxyl groups excluding tert-OH is 2. The zero-order chi connectivity index (χ0) is 11.2. The van der Waals surface area contributed by atoms with Gasteiger partial charge in [-0.25, -0.2) is 9.45 Å². The summed E-state index contributed by atoms with van der Waals surface area (Å²) in [6.07, 6.45) is -2.26. The summed E-state index contributed by atoms with van der Waals surface area (Å²) < 4.78 is 13.7. The molecular formula is C5H14NO7P. The van der Waals surface area contributed by atoms with Crippen LogP contribution in [0.15, 0.2) is 0 Å². The Bertz CT molecular complexity index is 195. The molecule has 0 aromatic heterocycles. The summed E-state index contributed by atoms with van der Waals surface area (Å²) in [5.41, 5.74) is 5.10. The van der Waals surface area contributed by atoms with Gasteiger partial charge in [-0.3, -0.25) is 0 Å². The number of aliphatic hydroxyl groups is 2. The Morgan fingerprint density at radius 2 is 1.86 bits per heavy atom. The molecule has 0 aliphatic heterocycles. The molecule has 0 radical (unpaired) electrons. The molecule has 0 aromatic carbocycles. The van der Waals surface area contributed by atoms with Gasteiger partial charge in [0.25, 0.3) is 0 Å². The van der Waals surface area contributed by atoms with Gasteiger partial charge in [0, 0.05) is 0 Å². The molecule has 0 rings (SSSR count). The molecule has 9 heteroatoms. The summed E-state index contributed by atoms with van der Waals surface area (Å²) in [5, 5.41) is 18.2. The first kappa shape index (κ1) is 13.9. The van der Waals surface area contributed by atoms with E-state index in [1.807, 2.05) is 0 Å². The summed E-state index contributed by atoms with van der Waals surface area (Å²) in [5.74, 6) is 0. The lowest BCUT2D eigenvalue weighted by Crippen LogP contribution is -2.32. The van der Waals surface area contributed by atoms with Crippen LogP contribution in [0.2, 0.25) is 0 Å². The van der Waals surface area contributed by atoms with Crippen LogP contribution in [0.1, 0.15) is 6.42 Å². The highest BCUT2D eigenvalue weighted by Crippen LogP contribution is 2.35. The van der Waals surface area contributed by atoms with Crippen LogP contribution in [0.25, 0.3) is 0 Å². The zero-order valence-corrected chi connectivity index (χ0v) is 8.21. The molecule has 0 aliphatic rings. The Kier molecular flexibility index (Phi) is 6.41. The molecule has 0 bridgehead atoms. The summed E-state index contributed by atoms with van der Waals surface area (Å²) in [4.78, 5) is 20.4. The van der Waals surface area contributed by atoms with Gasteiger partial charge < -0.3 is 25.7 Å². The predicted octanol–water partition coefficient (Wildman–Crippen LogP) is -1.90. The van der Waals surface area contributed by atoms with Crippen molar-refractivity contribution in [3.8, 4) is 0 Å². The average Bonchev–Trinajstić information content (AvgIpc) is 2.02. The van der Waals surface area contributed by atoms with E-state index < -0.39 is 26.6 Å². The van der Waals surface area contributed by atoms with Crippen molar-refractivity contribution < 1.29 is 34.1 Å². The third-order valence-electron chi connectivity index (χ3n) is 1.30. The maximum Gasteiger partial charge on any atom is 0.496 e. The summed E-state index contributed by atoms with van der Waals surface area (Å²) >= 11 is 0. The highest BCUT2D eigenvalue weighted by Gasteiger charge is 2.20. The van der Waals surface area contributed by atoms with Crippen molar-refractivity contribution in [1.82, 2.24) is 0 Å². The van der Waals surface area contributed by atoms with Crippen LogP contribution >= 0.6 is 7.82 Å². The molecule has 6 N–H and O–H groups in total. The van der Waals surface area contributed by atoms with Crippen molar-refractivity contribution in [1.29, 1.82) is 0 Å². The Morgan fingerprint density at radius 1 is 1.29 bits per heavy atom. The van der Waals surface area contributed by atoms with E-state index in [2.05, 4.69) is 9.56 Å². The maximum atomic E-state index is 10.1. The molecule has 0 saturated heterocycles. The monoisotopic (exact) mass is 231 g/mol. The molecule has 0 spiro atoms. The molecule has 2 unspecified atom stereocenters. The topological polar surface area (TPSA) is 142 Å². The minimum Gasteiger partial charge on any atom is -0.390 e. The fourth-order valence-corrected chi connectivity index (χ4v) is 0.841. The van der Waals surface area contributed by atoms with Gasteiger partial charge in [0.05, 0.1) is 6.10 Å². The Labute approximate surface area is 80.4 Å². The Balaban J connectivity index is 3.63. The zero-order valence-electron chi connectivity index (χ0n) is 7.31. The molecule has 86 valence electrons. The smallest absolute Gasteiger partial charge is 0.390 e. The molecule has 0 saturated carbocycles. The van der Waals surface area contributed by atoms with E-state index in [1.54, 1.807) is 0 Å². The molecule has 2 atom stereocenters. The van der Waals surface area contributed by atoms with Gasteiger partial charge in [-0.05, 0) is 13.0 Å². The summed E-state index contributed by atoms with van der Waals surface area (Å²) in [6.45, 7) is -0.371. The first-order chi connectivity index (χ1) is 6.37. The molecule has 0 heterocycles. The molecule has 14 heavy (non-hydrogen) atoms. The van der Waals surface area contributed by atoms with Crippen LogP contribution in [0, 0.1) is 0 Å². The predicted molar refractivity (Wildman–Crippen MR) is 44.8 cm³/mol. The van der Waals surface area contributed by atoms with E-state index in [9.17, 15) is 4.57 Å². The lowest BCUT2D eigenvalue weighted by atomic mass is 10.1. The van der Waals surface area contributed by atoms with E-state index >= 15 is 0 Å². The molecule has 0 fully saturated rings. The number of phosphoric acid groups is 1. The van der Waals surface area contributed by atoms with Gasteiger partial charge in [0.2, 0.25) is 0 Å². The lowest BCUT2D eigenvalue weighted by Gasteiger charge is -2.16. The summed E-state index contributed by atoms with van der Waals surface area (Å²) in [7, 11) is -4.71. The average molecular weight is 231 g/mol. The number of hydrogen-bond donors (Lipinski definition) is 5. The minimum atomic E-state index is -4.71. The van der Waals surface area contributed by atoms with Crippen LogP contribution in [0.5, 0.6) is 0 Å². The highest BCUT2D eigenvalue weighted by atomic mass is 31.2. The standard InChI is InChI=1S/C5H14NO7P/c6-2-1-4(7)5(8)3-12-13-14(9,10)11/h4-5,7-8H,1-3,6H2,(H2,9,10,11). The van der Waals surface area contributed by atoms with Crippen molar-refractivity contribution in [2.75, 3.05) is 13.2 Å². The number of nitrogens with two attached hydrogens (primary N) is 1. The lowest BCUT2D eigenvalue weighted by molar-refractivity contribution is -0.244. The SMILES string of the molecule is NCCC(O)C(O)COOP(=O)(O)O. The Hall–Kier alpha value is -0.0500. The number of rotatable bonds is 7. The molecule has 0 amide bonds. The van der Waals surface area contributed by atoms with E-state index in [1.165, 1.54) is 0 Å². The first-order valence-electron chi connectivity index (χ1n) is 3.79. The summed E-state index contributed by atoms with van der Waals surface area (Å²) in [6, 6.07) is 0. The largest absolute Gasteiger partial charge is 0.496 e.